The Morgan fingerprint density at radius 1 is 1.16 bits per heavy atom. The summed E-state index contributed by atoms with van der Waals surface area (Å²) in [6.07, 6.45) is 1.42. The van der Waals surface area contributed by atoms with Gasteiger partial charge in [-0.1, -0.05) is 30.3 Å². The summed E-state index contributed by atoms with van der Waals surface area (Å²) in [6, 6.07) is 19.6. The number of benzene rings is 2. The van der Waals surface area contributed by atoms with Gasteiger partial charge in [-0.25, -0.2) is 4.68 Å². The van der Waals surface area contributed by atoms with Crippen molar-refractivity contribution in [1.82, 2.24) is 20.4 Å². The van der Waals surface area contributed by atoms with Crippen molar-refractivity contribution in [3.8, 4) is 17.5 Å². The van der Waals surface area contributed by atoms with E-state index in [2.05, 4.69) is 26.8 Å². The fourth-order valence-corrected chi connectivity index (χ4v) is 3.15. The molecule has 9 heteroatoms. The minimum absolute atomic E-state index is 0. The Bertz CT molecular complexity index is 1060. The van der Waals surface area contributed by atoms with E-state index in [1.807, 2.05) is 54.6 Å². The van der Waals surface area contributed by atoms with Crippen LogP contribution in [0.25, 0.3) is 5.69 Å². The number of nitrogens with two attached hydrogens (primary N) is 1. The molecular weight excluding hydrogens is 517 g/mol. The third-order valence-corrected chi connectivity index (χ3v) is 4.83. The Hall–Kier alpha value is -3.26. The van der Waals surface area contributed by atoms with Crippen molar-refractivity contribution < 1.29 is 4.74 Å². The predicted molar refractivity (Wildman–Crippen MR) is 138 cm³/mol. The van der Waals surface area contributed by atoms with Crippen LogP contribution < -0.4 is 21.1 Å². The number of nitriles is 1. The van der Waals surface area contributed by atoms with E-state index in [1.165, 1.54) is 0 Å². The Morgan fingerprint density at radius 3 is 2.50 bits per heavy atom. The molecule has 1 aromatic heterocycles. The number of para-hydroxylation sites is 1. The molecule has 3 rings (SSSR count). The van der Waals surface area contributed by atoms with Crippen LogP contribution in [-0.2, 0) is 13.0 Å². The van der Waals surface area contributed by atoms with Gasteiger partial charge in [0.2, 0.25) is 0 Å². The standard InChI is InChI=1S/C23H27N7O.HI/c1-26-23(28-16-17-10-12-19(31-2)13-11-17)27-14-6-9-21-20(15-24)22(25)30(29-21)18-7-4-3-5-8-18;/h3-5,7-8,10-13H,6,9,14,16,25H2,1-2H3,(H2,26,27,28);1H. The summed E-state index contributed by atoms with van der Waals surface area (Å²) in [5, 5.41) is 20.7. The first-order valence-corrected chi connectivity index (χ1v) is 10.1. The minimum Gasteiger partial charge on any atom is -0.497 e. The lowest BCUT2D eigenvalue weighted by Gasteiger charge is -2.12. The summed E-state index contributed by atoms with van der Waals surface area (Å²) in [5.74, 6) is 1.91. The average Bonchev–Trinajstić information content (AvgIpc) is 3.14. The van der Waals surface area contributed by atoms with E-state index >= 15 is 0 Å². The monoisotopic (exact) mass is 545 g/mol. The Balaban J connectivity index is 0.00000363. The maximum absolute atomic E-state index is 9.52. The zero-order valence-corrected chi connectivity index (χ0v) is 20.5. The lowest BCUT2D eigenvalue weighted by Crippen LogP contribution is -2.37. The first-order chi connectivity index (χ1) is 15.2. The van der Waals surface area contributed by atoms with Crippen LogP contribution in [0.3, 0.4) is 0 Å². The smallest absolute Gasteiger partial charge is 0.191 e. The maximum atomic E-state index is 9.52. The molecular formula is C23H28IN7O. The van der Waals surface area contributed by atoms with Crippen LogP contribution in [0, 0.1) is 11.3 Å². The average molecular weight is 545 g/mol. The molecule has 0 aliphatic rings. The van der Waals surface area contributed by atoms with Crippen molar-refractivity contribution in [2.45, 2.75) is 19.4 Å². The van der Waals surface area contributed by atoms with Gasteiger partial charge in [0, 0.05) is 20.1 Å². The maximum Gasteiger partial charge on any atom is 0.191 e. The molecule has 0 fully saturated rings. The van der Waals surface area contributed by atoms with Gasteiger partial charge in [0.05, 0.1) is 18.5 Å². The lowest BCUT2D eigenvalue weighted by atomic mass is 10.1. The third kappa shape index (κ3) is 6.37. The fraction of sp³-hybridized carbons (Fsp3) is 0.261. The lowest BCUT2D eigenvalue weighted by molar-refractivity contribution is 0.414. The van der Waals surface area contributed by atoms with E-state index in [4.69, 9.17) is 10.5 Å². The molecule has 2 aromatic carbocycles. The van der Waals surface area contributed by atoms with Gasteiger partial charge >= 0.3 is 0 Å². The number of nitrogen functional groups attached to an aromatic ring is 1. The van der Waals surface area contributed by atoms with Crippen LogP contribution >= 0.6 is 24.0 Å². The number of methoxy groups -OCH3 is 1. The van der Waals surface area contributed by atoms with Crippen LogP contribution in [0.5, 0.6) is 5.75 Å². The Labute approximate surface area is 205 Å². The van der Waals surface area contributed by atoms with Crippen molar-refractivity contribution in [2.24, 2.45) is 4.99 Å². The van der Waals surface area contributed by atoms with Gasteiger partial charge in [-0.3, -0.25) is 4.99 Å². The summed E-state index contributed by atoms with van der Waals surface area (Å²) in [7, 11) is 3.39. The summed E-state index contributed by atoms with van der Waals surface area (Å²) in [6.45, 7) is 1.34. The quantitative estimate of drug-likeness (QED) is 0.173. The molecule has 32 heavy (non-hydrogen) atoms. The summed E-state index contributed by atoms with van der Waals surface area (Å²) in [4.78, 5) is 4.25. The summed E-state index contributed by atoms with van der Waals surface area (Å²) < 4.78 is 6.80. The number of anilines is 1. The van der Waals surface area contributed by atoms with Gasteiger partial charge in [-0.05, 0) is 42.7 Å². The molecule has 1 heterocycles. The van der Waals surface area contributed by atoms with E-state index in [0.717, 1.165) is 23.4 Å². The zero-order valence-electron chi connectivity index (χ0n) is 18.2. The molecule has 3 aromatic rings. The van der Waals surface area contributed by atoms with Crippen molar-refractivity contribution in [3.63, 3.8) is 0 Å². The van der Waals surface area contributed by atoms with Gasteiger partial charge in [0.25, 0.3) is 0 Å². The number of guanidine groups is 1. The molecule has 0 saturated carbocycles. The van der Waals surface area contributed by atoms with Crippen LogP contribution in [0.1, 0.15) is 23.2 Å². The molecule has 8 nitrogen and oxygen atoms in total. The Morgan fingerprint density at radius 2 is 1.88 bits per heavy atom. The number of nitrogens with zero attached hydrogens (tertiary/aromatic N) is 4. The highest BCUT2D eigenvalue weighted by Gasteiger charge is 2.16. The van der Waals surface area contributed by atoms with E-state index < -0.39 is 0 Å². The number of hydrogen-bond donors (Lipinski definition) is 3. The third-order valence-electron chi connectivity index (χ3n) is 4.83. The number of aliphatic imine (C=N–C) groups is 1. The van der Waals surface area contributed by atoms with Gasteiger partial charge in [-0.15, -0.1) is 24.0 Å². The largest absolute Gasteiger partial charge is 0.497 e. The van der Waals surface area contributed by atoms with Crippen molar-refractivity contribution in [3.05, 3.63) is 71.4 Å². The van der Waals surface area contributed by atoms with Crippen molar-refractivity contribution >= 4 is 35.8 Å². The highest BCUT2D eigenvalue weighted by atomic mass is 127. The highest BCUT2D eigenvalue weighted by Crippen LogP contribution is 2.21. The highest BCUT2D eigenvalue weighted by molar-refractivity contribution is 14.0. The van der Waals surface area contributed by atoms with Gasteiger partial charge in [-0.2, -0.15) is 10.4 Å². The van der Waals surface area contributed by atoms with E-state index in [-0.39, 0.29) is 24.0 Å². The summed E-state index contributed by atoms with van der Waals surface area (Å²) >= 11 is 0. The van der Waals surface area contributed by atoms with Gasteiger partial charge in [0.1, 0.15) is 23.2 Å². The van der Waals surface area contributed by atoms with E-state index in [9.17, 15) is 5.26 Å². The number of nitrogens with one attached hydrogen (secondary N) is 2. The molecule has 168 valence electrons. The number of halogens is 1. The molecule has 0 aliphatic carbocycles. The van der Waals surface area contributed by atoms with Crippen LogP contribution in [0.15, 0.2) is 59.6 Å². The van der Waals surface area contributed by atoms with Crippen molar-refractivity contribution in [1.29, 1.82) is 5.26 Å². The molecule has 0 bridgehead atoms. The van der Waals surface area contributed by atoms with Crippen LogP contribution in [0.2, 0.25) is 0 Å². The predicted octanol–water partition coefficient (Wildman–Crippen LogP) is 3.25. The number of aromatic nitrogens is 2. The van der Waals surface area contributed by atoms with Gasteiger partial charge in [0.15, 0.2) is 5.96 Å². The topological polar surface area (TPSA) is 113 Å². The Kier molecular flexibility index (Phi) is 9.81. The zero-order chi connectivity index (χ0) is 22.1. The molecule has 0 unspecified atom stereocenters. The molecule has 0 aliphatic heterocycles. The van der Waals surface area contributed by atoms with Gasteiger partial charge < -0.3 is 21.1 Å². The fourth-order valence-electron chi connectivity index (χ4n) is 3.15. The normalized spacial score (nSPS) is 10.7. The molecule has 0 atom stereocenters. The van der Waals surface area contributed by atoms with Crippen LogP contribution in [0.4, 0.5) is 5.82 Å². The molecule has 4 N–H and O–H groups in total. The SMILES string of the molecule is CN=C(NCCCc1nn(-c2ccccc2)c(N)c1C#N)NCc1ccc(OC)cc1.I. The van der Waals surface area contributed by atoms with E-state index in [0.29, 0.717) is 42.5 Å². The number of ether oxygens (including phenoxy) is 1. The first kappa shape index (κ1) is 25.0. The number of aryl methyl sites for hydroxylation is 1. The number of rotatable bonds is 8. The number of hydrogen-bond acceptors (Lipinski definition) is 5. The molecule has 0 spiro atoms. The molecule has 0 amide bonds. The second kappa shape index (κ2) is 12.6. The molecule has 0 radical (unpaired) electrons. The second-order valence-electron chi connectivity index (χ2n) is 6.87. The van der Waals surface area contributed by atoms with E-state index in [1.54, 1.807) is 18.8 Å². The summed E-state index contributed by atoms with van der Waals surface area (Å²) in [5.41, 5.74) is 9.26. The minimum atomic E-state index is 0. The molecule has 0 saturated heterocycles. The van der Waals surface area contributed by atoms with Crippen LogP contribution in [-0.4, -0.2) is 36.4 Å². The second-order valence-corrected chi connectivity index (χ2v) is 6.87. The van der Waals surface area contributed by atoms with Crippen molar-refractivity contribution in [2.75, 3.05) is 26.4 Å². The first-order valence-electron chi connectivity index (χ1n) is 10.1.